The number of hydrogen-bond acceptors (Lipinski definition) is 4. The van der Waals surface area contributed by atoms with E-state index in [0.717, 1.165) is 4.90 Å². The molecule has 1 fully saturated rings. The topological polar surface area (TPSA) is 87.2 Å². The molecule has 1 aliphatic rings. The van der Waals surface area contributed by atoms with Gasteiger partial charge in [0.25, 0.3) is 5.91 Å². The fraction of sp³-hybridized carbons (Fsp3) is 0.700. The van der Waals surface area contributed by atoms with Crippen LogP contribution in [-0.2, 0) is 14.3 Å². The third-order valence-electron chi connectivity index (χ3n) is 2.89. The molecule has 3 amide bonds. The SMILES string of the molecule is COCCC(C)(C(=O)O)N1C(=O)CN(C)C1=O. The van der Waals surface area contributed by atoms with Crippen molar-refractivity contribution < 1.29 is 24.2 Å². The minimum absolute atomic E-state index is 0.0597. The fourth-order valence-corrected chi connectivity index (χ4v) is 1.72. The summed E-state index contributed by atoms with van der Waals surface area (Å²) in [5.41, 5.74) is -1.56. The number of aliphatic carboxylic acids is 1. The van der Waals surface area contributed by atoms with Gasteiger partial charge in [0.05, 0.1) is 0 Å². The van der Waals surface area contributed by atoms with Crippen molar-refractivity contribution in [3.8, 4) is 0 Å². The Balaban J connectivity index is 3.02. The van der Waals surface area contributed by atoms with E-state index in [9.17, 15) is 19.5 Å². The summed E-state index contributed by atoms with van der Waals surface area (Å²) in [6.07, 6.45) is 0.0597. The molecule has 0 aromatic heterocycles. The van der Waals surface area contributed by atoms with Gasteiger partial charge in [0.1, 0.15) is 12.1 Å². The van der Waals surface area contributed by atoms with E-state index in [1.165, 1.54) is 26.0 Å². The molecular weight excluding hydrogens is 228 g/mol. The van der Waals surface area contributed by atoms with Gasteiger partial charge in [-0.2, -0.15) is 0 Å². The highest BCUT2D eigenvalue weighted by Crippen LogP contribution is 2.25. The molecule has 7 heteroatoms. The number of ether oxygens (including phenoxy) is 1. The standard InChI is InChI=1S/C10H16N2O5/c1-10(8(14)15,4-5-17-3)12-7(13)6-11(2)9(12)16/h4-6H2,1-3H3,(H,14,15). The third kappa shape index (κ3) is 2.23. The maximum Gasteiger partial charge on any atom is 0.329 e. The number of carboxylic acids is 1. The van der Waals surface area contributed by atoms with Gasteiger partial charge in [-0.1, -0.05) is 0 Å². The maximum atomic E-state index is 11.8. The Labute approximate surface area is 98.9 Å². The number of carbonyl (C=O) groups excluding carboxylic acids is 2. The number of urea groups is 1. The Kier molecular flexibility index (Phi) is 3.72. The lowest BCUT2D eigenvalue weighted by molar-refractivity contribution is -0.154. The molecule has 96 valence electrons. The van der Waals surface area contributed by atoms with Gasteiger partial charge in [-0.25, -0.2) is 14.5 Å². The van der Waals surface area contributed by atoms with Crippen LogP contribution in [0.2, 0.25) is 0 Å². The summed E-state index contributed by atoms with van der Waals surface area (Å²) in [6, 6.07) is -0.587. The van der Waals surface area contributed by atoms with Gasteiger partial charge >= 0.3 is 12.0 Å². The van der Waals surface area contributed by atoms with Gasteiger partial charge in [-0.3, -0.25) is 4.79 Å². The first kappa shape index (κ1) is 13.4. The van der Waals surface area contributed by atoms with Crippen molar-refractivity contribution in [3.63, 3.8) is 0 Å². The second-order valence-electron chi connectivity index (χ2n) is 4.19. The number of carboxylic acid groups (broad SMARTS) is 1. The molecule has 0 aromatic rings. The summed E-state index contributed by atoms with van der Waals surface area (Å²) in [4.78, 5) is 36.7. The number of carbonyl (C=O) groups is 3. The molecule has 1 atom stereocenters. The zero-order valence-corrected chi connectivity index (χ0v) is 10.1. The van der Waals surface area contributed by atoms with Crippen LogP contribution in [0, 0.1) is 0 Å². The molecule has 0 aliphatic carbocycles. The zero-order chi connectivity index (χ0) is 13.2. The third-order valence-corrected chi connectivity index (χ3v) is 2.89. The number of nitrogens with zero attached hydrogens (tertiary/aromatic N) is 2. The van der Waals surface area contributed by atoms with E-state index in [2.05, 4.69) is 0 Å². The Bertz CT molecular complexity index is 357. The monoisotopic (exact) mass is 244 g/mol. The first-order chi connectivity index (χ1) is 7.84. The molecule has 0 saturated carbocycles. The van der Waals surface area contributed by atoms with Gasteiger partial charge in [0.15, 0.2) is 0 Å². The van der Waals surface area contributed by atoms with Gasteiger partial charge in [-0.05, 0) is 6.92 Å². The van der Waals surface area contributed by atoms with E-state index in [4.69, 9.17) is 4.74 Å². The van der Waals surface area contributed by atoms with E-state index >= 15 is 0 Å². The highest BCUT2D eigenvalue weighted by molar-refractivity contribution is 6.06. The van der Waals surface area contributed by atoms with Crippen molar-refractivity contribution in [2.24, 2.45) is 0 Å². The number of amides is 3. The first-order valence-electron chi connectivity index (χ1n) is 5.15. The zero-order valence-electron chi connectivity index (χ0n) is 10.1. The van der Waals surface area contributed by atoms with Crippen molar-refractivity contribution in [1.82, 2.24) is 9.80 Å². The second kappa shape index (κ2) is 4.70. The number of likely N-dealkylation sites (N-methyl/N-ethyl adjacent to an activating group) is 1. The minimum Gasteiger partial charge on any atom is -0.479 e. The molecule has 7 nitrogen and oxygen atoms in total. The van der Waals surface area contributed by atoms with Gasteiger partial charge in [0.2, 0.25) is 0 Å². The number of methoxy groups -OCH3 is 1. The van der Waals surface area contributed by atoms with Crippen LogP contribution in [-0.4, -0.2) is 65.7 Å². The van der Waals surface area contributed by atoms with Crippen molar-refractivity contribution in [2.75, 3.05) is 27.3 Å². The summed E-state index contributed by atoms with van der Waals surface area (Å²) >= 11 is 0. The molecule has 0 bridgehead atoms. The summed E-state index contributed by atoms with van der Waals surface area (Å²) in [7, 11) is 2.89. The highest BCUT2D eigenvalue weighted by Gasteiger charge is 2.50. The first-order valence-corrected chi connectivity index (χ1v) is 5.15. The smallest absolute Gasteiger partial charge is 0.329 e. The van der Waals surface area contributed by atoms with Gasteiger partial charge in [-0.15, -0.1) is 0 Å². The lowest BCUT2D eigenvalue weighted by Gasteiger charge is -2.32. The molecule has 17 heavy (non-hydrogen) atoms. The summed E-state index contributed by atoms with van der Waals surface area (Å²) in [5, 5.41) is 9.22. The maximum absolute atomic E-state index is 11.8. The average molecular weight is 244 g/mol. The average Bonchev–Trinajstić information content (AvgIpc) is 2.50. The quantitative estimate of drug-likeness (QED) is 0.674. The largest absolute Gasteiger partial charge is 0.479 e. The molecule has 1 rings (SSSR count). The summed E-state index contributed by atoms with van der Waals surface area (Å²) < 4.78 is 4.82. The van der Waals surface area contributed by atoms with E-state index in [1.807, 2.05) is 0 Å². The predicted octanol–water partition coefficient (Wildman–Crippen LogP) is -0.240. The number of hydrogen-bond donors (Lipinski definition) is 1. The Morgan fingerprint density at radius 2 is 2.12 bits per heavy atom. The van der Waals surface area contributed by atoms with Crippen LogP contribution in [0.4, 0.5) is 4.79 Å². The van der Waals surface area contributed by atoms with Crippen LogP contribution in [0.1, 0.15) is 13.3 Å². The van der Waals surface area contributed by atoms with Crippen LogP contribution in [0.15, 0.2) is 0 Å². The molecule has 0 spiro atoms. The molecule has 1 saturated heterocycles. The molecule has 1 aliphatic heterocycles. The normalized spacial score (nSPS) is 19.7. The van der Waals surface area contributed by atoms with Crippen LogP contribution in [0.25, 0.3) is 0 Å². The molecular formula is C10H16N2O5. The minimum atomic E-state index is -1.56. The Morgan fingerprint density at radius 1 is 1.53 bits per heavy atom. The van der Waals surface area contributed by atoms with Crippen molar-refractivity contribution >= 4 is 17.9 Å². The van der Waals surface area contributed by atoms with Crippen molar-refractivity contribution in [2.45, 2.75) is 18.9 Å². The second-order valence-corrected chi connectivity index (χ2v) is 4.19. The Morgan fingerprint density at radius 3 is 2.47 bits per heavy atom. The Hall–Kier alpha value is -1.63. The van der Waals surface area contributed by atoms with E-state index in [-0.39, 0.29) is 19.6 Å². The summed E-state index contributed by atoms with van der Waals surface area (Å²) in [6.45, 7) is 1.42. The van der Waals surface area contributed by atoms with Crippen LogP contribution < -0.4 is 0 Å². The fourth-order valence-electron chi connectivity index (χ4n) is 1.72. The van der Waals surface area contributed by atoms with Gasteiger partial charge in [0, 0.05) is 27.2 Å². The molecule has 0 aromatic carbocycles. The van der Waals surface area contributed by atoms with Crippen molar-refractivity contribution in [3.05, 3.63) is 0 Å². The van der Waals surface area contributed by atoms with Crippen LogP contribution in [0.3, 0.4) is 0 Å². The lowest BCUT2D eigenvalue weighted by Crippen LogP contribution is -2.56. The van der Waals surface area contributed by atoms with Crippen molar-refractivity contribution in [1.29, 1.82) is 0 Å². The van der Waals surface area contributed by atoms with E-state index in [1.54, 1.807) is 0 Å². The lowest BCUT2D eigenvalue weighted by atomic mass is 9.96. The molecule has 0 radical (unpaired) electrons. The molecule has 1 unspecified atom stereocenters. The molecule has 1 N–H and O–H groups in total. The van der Waals surface area contributed by atoms with Gasteiger partial charge < -0.3 is 14.7 Å². The number of imide groups is 1. The van der Waals surface area contributed by atoms with E-state index in [0.29, 0.717) is 0 Å². The van der Waals surface area contributed by atoms with Crippen LogP contribution in [0.5, 0.6) is 0 Å². The molecule has 1 heterocycles. The van der Waals surface area contributed by atoms with E-state index < -0.39 is 23.4 Å². The summed E-state index contributed by atoms with van der Waals surface area (Å²) in [5.74, 6) is -1.72. The van der Waals surface area contributed by atoms with Crippen LogP contribution >= 0.6 is 0 Å². The predicted molar refractivity (Wildman–Crippen MR) is 57.4 cm³/mol. The highest BCUT2D eigenvalue weighted by atomic mass is 16.5. The number of rotatable bonds is 5.